The second-order valence-corrected chi connectivity index (χ2v) is 4.06. The number of hydrogen-bond donors (Lipinski definition) is 1. The summed E-state index contributed by atoms with van der Waals surface area (Å²) in [5, 5.41) is 8.20. The Labute approximate surface area is 129 Å². The van der Waals surface area contributed by atoms with Crippen LogP contribution < -0.4 is 4.74 Å². The molecule has 0 aliphatic rings. The number of aliphatic carboxylic acids is 1. The van der Waals surface area contributed by atoms with Gasteiger partial charge in [-0.15, -0.1) is 0 Å². The number of carboxylic acids is 1. The number of ether oxygens (including phenoxy) is 1. The van der Waals surface area contributed by atoms with Crippen LogP contribution in [0.15, 0.2) is 60.7 Å². The number of carboxylic acid groups (broad SMARTS) is 1. The van der Waals surface area contributed by atoms with Crippen molar-refractivity contribution in [1.82, 2.24) is 0 Å². The Kier molecular flexibility index (Phi) is 7.56. The molecule has 0 heterocycles. The molecule has 0 atom stereocenters. The molecule has 1 N–H and O–H groups in total. The monoisotopic (exact) mass is 296 g/mol. The van der Waals surface area contributed by atoms with E-state index in [1.165, 1.54) is 0 Å². The van der Waals surface area contributed by atoms with Crippen LogP contribution in [-0.2, 0) is 9.59 Å². The Morgan fingerprint density at radius 3 is 2.05 bits per heavy atom. The van der Waals surface area contributed by atoms with Crippen LogP contribution in [-0.4, -0.2) is 17.0 Å². The van der Waals surface area contributed by atoms with Gasteiger partial charge in [-0.05, 0) is 24.3 Å². The van der Waals surface area contributed by atoms with E-state index < -0.39 is 5.97 Å². The second kappa shape index (κ2) is 9.78. The van der Waals surface area contributed by atoms with Crippen molar-refractivity contribution in [1.29, 1.82) is 0 Å². The Bertz CT molecular complexity index is 652. The van der Waals surface area contributed by atoms with Gasteiger partial charge in [0, 0.05) is 17.9 Å². The molecule has 0 amide bonds. The quantitative estimate of drug-likeness (QED) is 0.525. The molecule has 0 bridgehead atoms. The van der Waals surface area contributed by atoms with Crippen LogP contribution in [0.1, 0.15) is 18.9 Å². The summed E-state index contributed by atoms with van der Waals surface area (Å²) in [7, 11) is 0. The van der Waals surface area contributed by atoms with Crippen molar-refractivity contribution in [3.05, 3.63) is 66.2 Å². The average molecular weight is 296 g/mol. The highest BCUT2D eigenvalue weighted by atomic mass is 16.5. The van der Waals surface area contributed by atoms with E-state index in [4.69, 9.17) is 9.84 Å². The number of hydrogen-bond acceptors (Lipinski definition) is 3. The maximum absolute atomic E-state index is 10.8. The summed E-state index contributed by atoms with van der Waals surface area (Å²) in [6.07, 6.45) is 0.412. The molecule has 22 heavy (non-hydrogen) atoms. The standard InChI is InChI=1S/C9H10O2.C9H6O2/c1-2-9(10)11-8-6-4-3-5-7-8;10-9(11)7-6-8-4-2-1-3-5-8/h3-7H,2H2,1H3;1-5H,(H,10,11). The zero-order valence-electron chi connectivity index (χ0n) is 12.2. The van der Waals surface area contributed by atoms with E-state index in [2.05, 4.69) is 5.92 Å². The smallest absolute Gasteiger partial charge is 0.382 e. The van der Waals surface area contributed by atoms with Crippen LogP contribution in [0, 0.1) is 11.8 Å². The molecule has 112 valence electrons. The highest BCUT2D eigenvalue weighted by molar-refractivity contribution is 5.87. The van der Waals surface area contributed by atoms with Gasteiger partial charge in [-0.1, -0.05) is 49.2 Å². The van der Waals surface area contributed by atoms with Crippen molar-refractivity contribution in [2.75, 3.05) is 0 Å². The average Bonchev–Trinajstić information content (AvgIpc) is 2.55. The summed E-state index contributed by atoms with van der Waals surface area (Å²) < 4.78 is 4.92. The molecule has 0 aromatic heterocycles. The first-order valence-corrected chi connectivity index (χ1v) is 6.67. The van der Waals surface area contributed by atoms with E-state index in [-0.39, 0.29) is 5.97 Å². The van der Waals surface area contributed by atoms with Crippen LogP contribution in [0.25, 0.3) is 0 Å². The summed E-state index contributed by atoms with van der Waals surface area (Å²) in [5.41, 5.74) is 0.718. The molecule has 2 aromatic carbocycles. The first-order chi connectivity index (χ1) is 10.6. The predicted molar refractivity (Wildman–Crippen MR) is 83.3 cm³/mol. The fraction of sp³-hybridized carbons (Fsp3) is 0.111. The third kappa shape index (κ3) is 7.51. The van der Waals surface area contributed by atoms with E-state index in [1.807, 2.05) is 42.3 Å². The number of carbonyl (C=O) groups is 2. The number of benzene rings is 2. The van der Waals surface area contributed by atoms with Gasteiger partial charge >= 0.3 is 11.9 Å². The largest absolute Gasteiger partial charge is 0.472 e. The van der Waals surface area contributed by atoms with Crippen molar-refractivity contribution >= 4 is 11.9 Å². The summed E-state index contributed by atoms with van der Waals surface area (Å²) in [5.74, 6) is 3.83. The molecule has 2 aromatic rings. The van der Waals surface area contributed by atoms with Gasteiger partial charge in [0.2, 0.25) is 0 Å². The molecule has 0 saturated carbocycles. The summed E-state index contributed by atoms with van der Waals surface area (Å²) >= 11 is 0. The van der Waals surface area contributed by atoms with Gasteiger partial charge in [0.25, 0.3) is 0 Å². The van der Waals surface area contributed by atoms with Crippen molar-refractivity contribution in [2.24, 2.45) is 0 Å². The Hall–Kier alpha value is -3.06. The van der Waals surface area contributed by atoms with Gasteiger partial charge in [-0.25, -0.2) is 4.79 Å². The molecule has 0 spiro atoms. The van der Waals surface area contributed by atoms with E-state index in [0.717, 1.165) is 5.56 Å². The number of para-hydroxylation sites is 1. The summed E-state index contributed by atoms with van der Waals surface area (Å²) in [4.78, 5) is 20.8. The van der Waals surface area contributed by atoms with Crippen LogP contribution in [0.5, 0.6) is 5.75 Å². The molecule has 0 radical (unpaired) electrons. The summed E-state index contributed by atoms with van der Waals surface area (Å²) in [6.45, 7) is 1.77. The normalized spacial score (nSPS) is 8.59. The van der Waals surface area contributed by atoms with E-state index in [9.17, 15) is 9.59 Å². The van der Waals surface area contributed by atoms with E-state index in [0.29, 0.717) is 12.2 Å². The molecule has 0 fully saturated rings. The lowest BCUT2D eigenvalue weighted by Crippen LogP contribution is -2.04. The molecule has 4 heteroatoms. The third-order valence-corrected chi connectivity index (χ3v) is 2.35. The van der Waals surface area contributed by atoms with Crippen molar-refractivity contribution < 1.29 is 19.4 Å². The highest BCUT2D eigenvalue weighted by Crippen LogP contribution is 2.08. The maximum Gasteiger partial charge on any atom is 0.382 e. The van der Waals surface area contributed by atoms with Crippen LogP contribution in [0.4, 0.5) is 0 Å². The van der Waals surface area contributed by atoms with Gasteiger partial charge < -0.3 is 9.84 Å². The van der Waals surface area contributed by atoms with Gasteiger partial charge in [0.05, 0.1) is 0 Å². The predicted octanol–water partition coefficient (Wildman–Crippen LogP) is 3.12. The van der Waals surface area contributed by atoms with Gasteiger partial charge in [0.1, 0.15) is 5.75 Å². The zero-order valence-corrected chi connectivity index (χ0v) is 12.2. The third-order valence-electron chi connectivity index (χ3n) is 2.35. The minimum absolute atomic E-state index is 0.198. The number of rotatable bonds is 2. The Morgan fingerprint density at radius 2 is 1.55 bits per heavy atom. The Balaban J connectivity index is 0.000000220. The molecule has 0 aliphatic carbocycles. The minimum Gasteiger partial charge on any atom is -0.472 e. The molecular weight excluding hydrogens is 280 g/mol. The summed E-state index contributed by atoms with van der Waals surface area (Å²) in [6, 6.07) is 18.1. The van der Waals surface area contributed by atoms with Crippen molar-refractivity contribution in [2.45, 2.75) is 13.3 Å². The molecule has 0 saturated heterocycles. The topological polar surface area (TPSA) is 63.6 Å². The lowest BCUT2D eigenvalue weighted by Gasteiger charge is -1.99. The van der Waals surface area contributed by atoms with Gasteiger partial charge in [-0.2, -0.15) is 0 Å². The molecule has 0 aliphatic heterocycles. The molecular formula is C18H16O4. The fourth-order valence-electron chi connectivity index (χ4n) is 1.34. The lowest BCUT2D eigenvalue weighted by atomic mass is 10.2. The molecule has 0 unspecified atom stereocenters. The second-order valence-electron chi connectivity index (χ2n) is 4.06. The van der Waals surface area contributed by atoms with Gasteiger partial charge in [-0.3, -0.25) is 4.79 Å². The van der Waals surface area contributed by atoms with E-state index in [1.54, 1.807) is 31.2 Å². The molecule has 2 rings (SSSR count). The Morgan fingerprint density at radius 1 is 1.00 bits per heavy atom. The first kappa shape index (κ1) is 17.0. The fourth-order valence-corrected chi connectivity index (χ4v) is 1.34. The lowest BCUT2D eigenvalue weighted by molar-refractivity contribution is -0.134. The van der Waals surface area contributed by atoms with Crippen LogP contribution in [0.3, 0.4) is 0 Å². The van der Waals surface area contributed by atoms with E-state index >= 15 is 0 Å². The van der Waals surface area contributed by atoms with Crippen molar-refractivity contribution in [3.8, 4) is 17.6 Å². The molecule has 4 nitrogen and oxygen atoms in total. The maximum atomic E-state index is 10.8. The SMILES string of the molecule is CCC(=O)Oc1ccccc1.O=C(O)C#Cc1ccccc1. The van der Waals surface area contributed by atoms with Crippen molar-refractivity contribution in [3.63, 3.8) is 0 Å². The number of carbonyl (C=O) groups excluding carboxylic acids is 1. The van der Waals surface area contributed by atoms with Gasteiger partial charge in [0.15, 0.2) is 0 Å². The number of esters is 1. The highest BCUT2D eigenvalue weighted by Gasteiger charge is 1.98. The first-order valence-electron chi connectivity index (χ1n) is 6.67. The van der Waals surface area contributed by atoms with Crippen LogP contribution in [0.2, 0.25) is 0 Å². The minimum atomic E-state index is -1.10. The van der Waals surface area contributed by atoms with Crippen LogP contribution >= 0.6 is 0 Å². The zero-order chi connectivity index (χ0) is 16.2.